The van der Waals surface area contributed by atoms with E-state index in [9.17, 15) is 5.11 Å². The quantitative estimate of drug-likeness (QED) is 0.873. The molecule has 1 heterocycles. The largest absolute Gasteiger partial charge is 0.493 e. The van der Waals surface area contributed by atoms with E-state index in [0.29, 0.717) is 13.0 Å². The molecular weight excluding hydrogens is 228 g/mol. The van der Waals surface area contributed by atoms with Crippen molar-refractivity contribution in [2.45, 2.75) is 45.3 Å². The zero-order chi connectivity index (χ0) is 13.0. The molecule has 2 atom stereocenters. The van der Waals surface area contributed by atoms with E-state index >= 15 is 0 Å². The molecule has 18 heavy (non-hydrogen) atoms. The first-order valence-corrected chi connectivity index (χ1v) is 6.73. The Morgan fingerprint density at radius 2 is 2.33 bits per heavy atom. The Hall–Kier alpha value is -1.06. The lowest BCUT2D eigenvalue weighted by Crippen LogP contribution is -2.12. The van der Waals surface area contributed by atoms with Crippen LogP contribution in [0.4, 0.5) is 0 Å². The Morgan fingerprint density at radius 1 is 1.50 bits per heavy atom. The Balaban J connectivity index is 2.11. The van der Waals surface area contributed by atoms with E-state index in [2.05, 4.69) is 0 Å². The Kier molecular flexibility index (Phi) is 4.61. The molecule has 2 unspecified atom stereocenters. The molecule has 1 fully saturated rings. The van der Waals surface area contributed by atoms with Gasteiger partial charge in [0.25, 0.3) is 0 Å². The molecule has 3 nitrogen and oxygen atoms in total. The van der Waals surface area contributed by atoms with Gasteiger partial charge in [0.1, 0.15) is 5.75 Å². The van der Waals surface area contributed by atoms with E-state index in [1.165, 1.54) is 0 Å². The molecule has 1 N–H and O–H groups in total. The maximum Gasteiger partial charge on any atom is 0.125 e. The van der Waals surface area contributed by atoms with Crippen LogP contribution >= 0.6 is 0 Å². The minimum Gasteiger partial charge on any atom is -0.493 e. The monoisotopic (exact) mass is 250 g/mol. The van der Waals surface area contributed by atoms with Gasteiger partial charge in [-0.25, -0.2) is 0 Å². The molecule has 2 rings (SSSR count). The van der Waals surface area contributed by atoms with E-state index in [-0.39, 0.29) is 6.10 Å². The average Bonchev–Trinajstić information content (AvgIpc) is 2.84. The Labute approximate surface area is 109 Å². The maximum atomic E-state index is 10.4. The van der Waals surface area contributed by atoms with E-state index in [1.807, 2.05) is 32.0 Å². The normalized spacial score (nSPS) is 20.9. The van der Waals surface area contributed by atoms with Crippen molar-refractivity contribution in [3.8, 4) is 5.75 Å². The Morgan fingerprint density at radius 3 is 3.00 bits per heavy atom. The summed E-state index contributed by atoms with van der Waals surface area (Å²) in [6.07, 6.45) is 2.49. The van der Waals surface area contributed by atoms with Crippen LogP contribution in [0.3, 0.4) is 0 Å². The van der Waals surface area contributed by atoms with E-state index < -0.39 is 6.10 Å². The predicted molar refractivity (Wildman–Crippen MR) is 70.9 cm³/mol. The highest BCUT2D eigenvalue weighted by Gasteiger charge is 2.22. The number of rotatable bonds is 5. The van der Waals surface area contributed by atoms with Gasteiger partial charge < -0.3 is 14.6 Å². The number of aliphatic hydroxyl groups is 1. The van der Waals surface area contributed by atoms with Gasteiger partial charge in [-0.15, -0.1) is 0 Å². The smallest absolute Gasteiger partial charge is 0.125 e. The van der Waals surface area contributed by atoms with Gasteiger partial charge >= 0.3 is 0 Å². The molecule has 0 aliphatic carbocycles. The maximum absolute atomic E-state index is 10.4. The first kappa shape index (κ1) is 13.4. The summed E-state index contributed by atoms with van der Waals surface area (Å²) < 4.78 is 11.2. The highest BCUT2D eigenvalue weighted by Crippen LogP contribution is 2.31. The standard InChI is InChI=1S/C15H22O3/c1-3-17-15-7-6-11(2)9-13(15)14(16)10-12-5-4-8-18-12/h6-7,9,12,14,16H,3-5,8,10H2,1-2H3. The van der Waals surface area contributed by atoms with E-state index in [1.54, 1.807) is 0 Å². The van der Waals surface area contributed by atoms with Crippen molar-refractivity contribution < 1.29 is 14.6 Å². The summed E-state index contributed by atoms with van der Waals surface area (Å²) >= 11 is 0. The SMILES string of the molecule is CCOc1ccc(C)cc1C(O)CC1CCCO1. The molecule has 0 bridgehead atoms. The Bertz CT molecular complexity index is 383. The van der Waals surface area contributed by atoms with Crippen LogP contribution in [0.2, 0.25) is 0 Å². The second kappa shape index (κ2) is 6.21. The predicted octanol–water partition coefficient (Wildman–Crippen LogP) is 3.00. The average molecular weight is 250 g/mol. The molecule has 0 radical (unpaired) electrons. The fourth-order valence-electron chi connectivity index (χ4n) is 2.42. The van der Waals surface area contributed by atoms with Gasteiger partial charge in [0.05, 0.1) is 18.8 Å². The second-order valence-corrected chi connectivity index (χ2v) is 4.86. The fourth-order valence-corrected chi connectivity index (χ4v) is 2.42. The highest BCUT2D eigenvalue weighted by molar-refractivity contribution is 5.38. The zero-order valence-corrected chi connectivity index (χ0v) is 11.2. The lowest BCUT2D eigenvalue weighted by atomic mass is 9.99. The summed E-state index contributed by atoms with van der Waals surface area (Å²) in [6, 6.07) is 5.95. The summed E-state index contributed by atoms with van der Waals surface area (Å²) in [4.78, 5) is 0. The van der Waals surface area contributed by atoms with Crippen LogP contribution in [0, 0.1) is 6.92 Å². The van der Waals surface area contributed by atoms with Gasteiger partial charge in [-0.3, -0.25) is 0 Å². The molecule has 3 heteroatoms. The molecule has 100 valence electrons. The second-order valence-electron chi connectivity index (χ2n) is 4.86. The van der Waals surface area contributed by atoms with Gasteiger partial charge in [0.15, 0.2) is 0 Å². The van der Waals surface area contributed by atoms with Crippen molar-refractivity contribution in [1.29, 1.82) is 0 Å². The molecule has 0 spiro atoms. The lowest BCUT2D eigenvalue weighted by molar-refractivity contribution is 0.0524. The molecule has 0 saturated carbocycles. The van der Waals surface area contributed by atoms with Gasteiger partial charge in [0.2, 0.25) is 0 Å². The van der Waals surface area contributed by atoms with Crippen molar-refractivity contribution in [3.05, 3.63) is 29.3 Å². The molecular formula is C15H22O3. The topological polar surface area (TPSA) is 38.7 Å². The summed E-state index contributed by atoms with van der Waals surface area (Å²) in [7, 11) is 0. The summed E-state index contributed by atoms with van der Waals surface area (Å²) in [5.41, 5.74) is 2.02. The number of benzene rings is 1. The van der Waals surface area contributed by atoms with Gasteiger partial charge in [-0.05, 0) is 38.8 Å². The third-order valence-electron chi connectivity index (χ3n) is 3.33. The third kappa shape index (κ3) is 3.24. The van der Waals surface area contributed by atoms with E-state index in [4.69, 9.17) is 9.47 Å². The van der Waals surface area contributed by atoms with Crippen molar-refractivity contribution in [2.75, 3.05) is 13.2 Å². The van der Waals surface area contributed by atoms with Crippen LogP contribution < -0.4 is 4.74 Å². The van der Waals surface area contributed by atoms with Gasteiger partial charge in [-0.1, -0.05) is 11.6 Å². The van der Waals surface area contributed by atoms with Crippen LogP contribution in [0.1, 0.15) is 43.4 Å². The van der Waals surface area contributed by atoms with Gasteiger partial charge in [-0.2, -0.15) is 0 Å². The zero-order valence-electron chi connectivity index (χ0n) is 11.2. The molecule has 1 saturated heterocycles. The van der Waals surface area contributed by atoms with Crippen molar-refractivity contribution in [3.63, 3.8) is 0 Å². The van der Waals surface area contributed by atoms with Crippen molar-refractivity contribution in [1.82, 2.24) is 0 Å². The van der Waals surface area contributed by atoms with Crippen LogP contribution in [0.25, 0.3) is 0 Å². The third-order valence-corrected chi connectivity index (χ3v) is 3.33. The summed E-state index contributed by atoms with van der Waals surface area (Å²) in [5, 5.41) is 10.4. The van der Waals surface area contributed by atoms with Crippen LogP contribution in [0.5, 0.6) is 5.75 Å². The minimum absolute atomic E-state index is 0.190. The van der Waals surface area contributed by atoms with Crippen LogP contribution in [0.15, 0.2) is 18.2 Å². The molecule has 1 aliphatic heterocycles. The highest BCUT2D eigenvalue weighted by atomic mass is 16.5. The lowest BCUT2D eigenvalue weighted by Gasteiger charge is -2.19. The summed E-state index contributed by atoms with van der Waals surface area (Å²) in [6.45, 7) is 5.42. The van der Waals surface area contributed by atoms with E-state index in [0.717, 1.165) is 36.3 Å². The van der Waals surface area contributed by atoms with Crippen molar-refractivity contribution in [2.24, 2.45) is 0 Å². The minimum atomic E-state index is -0.505. The molecule has 0 aromatic heterocycles. The fraction of sp³-hybridized carbons (Fsp3) is 0.600. The molecule has 1 aromatic rings. The van der Waals surface area contributed by atoms with Crippen molar-refractivity contribution >= 4 is 0 Å². The summed E-state index contributed by atoms with van der Waals surface area (Å²) in [5.74, 6) is 0.786. The van der Waals surface area contributed by atoms with Crippen LogP contribution in [-0.2, 0) is 4.74 Å². The van der Waals surface area contributed by atoms with Gasteiger partial charge in [0, 0.05) is 18.6 Å². The van der Waals surface area contributed by atoms with Crippen LogP contribution in [-0.4, -0.2) is 24.4 Å². The number of aliphatic hydroxyl groups excluding tert-OH is 1. The molecule has 1 aliphatic rings. The molecule has 0 amide bonds. The number of hydrogen-bond donors (Lipinski definition) is 1. The number of ether oxygens (including phenoxy) is 2. The molecule has 1 aromatic carbocycles. The number of hydrogen-bond acceptors (Lipinski definition) is 3. The number of aryl methyl sites for hydroxylation is 1. The first-order chi connectivity index (χ1) is 8.70. The first-order valence-electron chi connectivity index (χ1n) is 6.73.